The summed E-state index contributed by atoms with van der Waals surface area (Å²) in [6.07, 6.45) is 0. The van der Waals surface area contributed by atoms with Gasteiger partial charge in [-0.3, -0.25) is 14.9 Å². The van der Waals surface area contributed by atoms with Crippen LogP contribution >= 0.6 is 11.3 Å². The van der Waals surface area contributed by atoms with E-state index in [4.69, 9.17) is 4.74 Å². The summed E-state index contributed by atoms with van der Waals surface area (Å²) in [5.41, 5.74) is 2.40. The summed E-state index contributed by atoms with van der Waals surface area (Å²) in [5, 5.41) is 16.3. The van der Waals surface area contributed by atoms with E-state index in [-0.39, 0.29) is 18.2 Å². The van der Waals surface area contributed by atoms with Crippen LogP contribution < -0.4 is 10.1 Å². The van der Waals surface area contributed by atoms with Crippen molar-refractivity contribution in [1.29, 1.82) is 0 Å². The molecule has 0 fully saturated rings. The second-order valence-corrected chi connectivity index (χ2v) is 6.48. The third-order valence-electron chi connectivity index (χ3n) is 3.48. The standard InChI is InChI=1S/C18H15N3O4S/c1-12-19-17(11-26-12)13-3-2-4-14(9-13)20-18(22)10-25-16-7-5-15(6-8-16)21(23)24/h2-9,11H,10H2,1H3,(H,20,22). The van der Waals surface area contributed by atoms with E-state index in [2.05, 4.69) is 10.3 Å². The number of nitro benzene ring substituents is 1. The summed E-state index contributed by atoms with van der Waals surface area (Å²) >= 11 is 1.57. The van der Waals surface area contributed by atoms with Gasteiger partial charge in [-0.05, 0) is 31.2 Å². The number of thiazole rings is 1. The smallest absolute Gasteiger partial charge is 0.269 e. The number of benzene rings is 2. The monoisotopic (exact) mass is 369 g/mol. The summed E-state index contributed by atoms with van der Waals surface area (Å²) in [4.78, 5) is 26.6. The summed E-state index contributed by atoms with van der Waals surface area (Å²) in [7, 11) is 0. The summed E-state index contributed by atoms with van der Waals surface area (Å²) < 4.78 is 5.35. The molecule has 8 heteroatoms. The van der Waals surface area contributed by atoms with Gasteiger partial charge < -0.3 is 10.1 Å². The molecule has 0 aliphatic heterocycles. The van der Waals surface area contributed by atoms with Gasteiger partial charge in [-0.1, -0.05) is 12.1 Å². The molecule has 3 aromatic rings. The van der Waals surface area contributed by atoms with Gasteiger partial charge in [0.15, 0.2) is 6.61 Å². The van der Waals surface area contributed by atoms with Gasteiger partial charge >= 0.3 is 0 Å². The van der Waals surface area contributed by atoms with E-state index in [0.717, 1.165) is 16.3 Å². The quantitative estimate of drug-likeness (QED) is 0.523. The molecule has 7 nitrogen and oxygen atoms in total. The van der Waals surface area contributed by atoms with Gasteiger partial charge in [0.2, 0.25) is 0 Å². The van der Waals surface area contributed by atoms with Crippen LogP contribution in [0.15, 0.2) is 53.9 Å². The number of carbonyl (C=O) groups is 1. The van der Waals surface area contributed by atoms with Crippen molar-refractivity contribution >= 4 is 28.6 Å². The molecule has 0 saturated carbocycles. The van der Waals surface area contributed by atoms with Gasteiger partial charge in [0, 0.05) is 28.8 Å². The maximum Gasteiger partial charge on any atom is 0.269 e. The van der Waals surface area contributed by atoms with Gasteiger partial charge in [-0.2, -0.15) is 0 Å². The van der Waals surface area contributed by atoms with Crippen LogP contribution in [0.1, 0.15) is 5.01 Å². The average molecular weight is 369 g/mol. The Morgan fingerprint density at radius 2 is 2.04 bits per heavy atom. The topological polar surface area (TPSA) is 94.4 Å². The first-order valence-electron chi connectivity index (χ1n) is 7.71. The fraction of sp³-hybridized carbons (Fsp3) is 0.111. The molecule has 1 heterocycles. The van der Waals surface area contributed by atoms with Crippen molar-refractivity contribution in [2.45, 2.75) is 6.92 Å². The van der Waals surface area contributed by atoms with Crippen molar-refractivity contribution in [2.75, 3.05) is 11.9 Å². The van der Waals surface area contributed by atoms with E-state index >= 15 is 0 Å². The van der Waals surface area contributed by atoms with Gasteiger partial charge in [0.25, 0.3) is 11.6 Å². The number of aryl methyl sites for hydroxylation is 1. The minimum absolute atomic E-state index is 0.0316. The molecule has 1 aromatic heterocycles. The van der Waals surface area contributed by atoms with Crippen molar-refractivity contribution in [1.82, 2.24) is 4.98 Å². The zero-order valence-electron chi connectivity index (χ0n) is 13.8. The number of aromatic nitrogens is 1. The molecule has 0 unspecified atom stereocenters. The van der Waals surface area contributed by atoms with Gasteiger partial charge in [-0.15, -0.1) is 11.3 Å². The fourth-order valence-corrected chi connectivity index (χ4v) is 2.88. The molecule has 26 heavy (non-hydrogen) atoms. The van der Waals surface area contributed by atoms with Crippen LogP contribution in [0.3, 0.4) is 0 Å². The number of nitrogens with zero attached hydrogens (tertiary/aromatic N) is 2. The first kappa shape index (κ1) is 17.6. The Balaban J connectivity index is 1.59. The number of nitrogens with one attached hydrogen (secondary N) is 1. The van der Waals surface area contributed by atoms with Crippen molar-refractivity contribution in [2.24, 2.45) is 0 Å². The Kier molecular flexibility index (Phi) is 5.23. The van der Waals surface area contributed by atoms with Crippen LogP contribution in [0.25, 0.3) is 11.3 Å². The number of hydrogen-bond donors (Lipinski definition) is 1. The zero-order valence-corrected chi connectivity index (χ0v) is 14.7. The molecule has 0 atom stereocenters. The molecular weight excluding hydrogens is 354 g/mol. The maximum atomic E-state index is 12.1. The molecule has 0 spiro atoms. The van der Waals surface area contributed by atoms with Crippen molar-refractivity contribution < 1.29 is 14.5 Å². The molecule has 0 bridgehead atoms. The second-order valence-electron chi connectivity index (χ2n) is 5.42. The molecule has 1 amide bonds. The normalized spacial score (nSPS) is 10.3. The maximum absolute atomic E-state index is 12.1. The highest BCUT2D eigenvalue weighted by molar-refractivity contribution is 7.09. The van der Waals surface area contributed by atoms with Crippen molar-refractivity contribution in [3.63, 3.8) is 0 Å². The zero-order chi connectivity index (χ0) is 18.5. The van der Waals surface area contributed by atoms with E-state index in [1.165, 1.54) is 24.3 Å². The van der Waals surface area contributed by atoms with Crippen LogP contribution in [0.2, 0.25) is 0 Å². The Morgan fingerprint density at radius 1 is 1.27 bits per heavy atom. The predicted octanol–water partition coefficient (Wildman–Crippen LogP) is 4.04. The highest BCUT2D eigenvalue weighted by Crippen LogP contribution is 2.24. The minimum atomic E-state index is -0.493. The number of anilines is 1. The third-order valence-corrected chi connectivity index (χ3v) is 4.25. The van der Waals surface area contributed by atoms with Crippen LogP contribution in [0.5, 0.6) is 5.75 Å². The Labute approximate surface area is 153 Å². The first-order valence-corrected chi connectivity index (χ1v) is 8.59. The van der Waals surface area contributed by atoms with E-state index in [9.17, 15) is 14.9 Å². The number of carbonyl (C=O) groups excluding carboxylic acids is 1. The van der Waals surface area contributed by atoms with E-state index in [1.807, 2.05) is 30.5 Å². The number of hydrogen-bond acceptors (Lipinski definition) is 6. The van der Waals surface area contributed by atoms with Crippen LogP contribution in [-0.2, 0) is 4.79 Å². The molecule has 0 aliphatic carbocycles. The summed E-state index contributed by atoms with van der Waals surface area (Å²) in [6, 6.07) is 13.0. The Bertz CT molecular complexity index is 938. The van der Waals surface area contributed by atoms with Gasteiger partial charge in [-0.25, -0.2) is 4.98 Å². The van der Waals surface area contributed by atoms with E-state index < -0.39 is 4.92 Å². The average Bonchev–Trinajstić information content (AvgIpc) is 3.07. The molecule has 0 aliphatic rings. The third kappa shape index (κ3) is 4.42. The molecule has 3 rings (SSSR count). The molecule has 2 aromatic carbocycles. The van der Waals surface area contributed by atoms with E-state index in [0.29, 0.717) is 11.4 Å². The number of amides is 1. The Hall–Kier alpha value is -3.26. The van der Waals surface area contributed by atoms with Crippen LogP contribution in [-0.4, -0.2) is 22.4 Å². The van der Waals surface area contributed by atoms with E-state index in [1.54, 1.807) is 17.4 Å². The number of nitro groups is 1. The molecule has 0 radical (unpaired) electrons. The molecule has 0 saturated heterocycles. The largest absolute Gasteiger partial charge is 0.484 e. The van der Waals surface area contributed by atoms with Gasteiger partial charge in [0.1, 0.15) is 5.75 Å². The highest BCUT2D eigenvalue weighted by atomic mass is 32.1. The number of rotatable bonds is 6. The molecular formula is C18H15N3O4S. The SMILES string of the molecule is Cc1nc(-c2cccc(NC(=O)COc3ccc([N+](=O)[O-])cc3)c2)cs1. The summed E-state index contributed by atoms with van der Waals surface area (Å²) in [6.45, 7) is 1.74. The lowest BCUT2D eigenvalue weighted by Gasteiger charge is -2.08. The van der Waals surface area contributed by atoms with Crippen LogP contribution in [0.4, 0.5) is 11.4 Å². The number of ether oxygens (including phenoxy) is 1. The minimum Gasteiger partial charge on any atom is -0.484 e. The lowest BCUT2D eigenvalue weighted by atomic mass is 10.1. The van der Waals surface area contributed by atoms with Crippen molar-refractivity contribution in [3.8, 4) is 17.0 Å². The van der Waals surface area contributed by atoms with Crippen LogP contribution in [0, 0.1) is 17.0 Å². The second kappa shape index (κ2) is 7.75. The molecule has 132 valence electrons. The fourth-order valence-electron chi connectivity index (χ4n) is 2.26. The van der Waals surface area contributed by atoms with Gasteiger partial charge in [0.05, 0.1) is 15.6 Å². The lowest BCUT2D eigenvalue weighted by molar-refractivity contribution is -0.384. The molecule has 1 N–H and O–H groups in total. The number of non-ortho nitro benzene ring substituents is 1. The predicted molar refractivity (Wildman–Crippen MR) is 99.5 cm³/mol. The Morgan fingerprint density at radius 3 is 2.69 bits per heavy atom. The van der Waals surface area contributed by atoms with Crippen molar-refractivity contribution in [3.05, 3.63) is 69.0 Å². The highest BCUT2D eigenvalue weighted by Gasteiger charge is 2.08. The summed E-state index contributed by atoms with van der Waals surface area (Å²) in [5.74, 6) is 0.0624. The first-order chi connectivity index (χ1) is 12.5. The lowest BCUT2D eigenvalue weighted by Crippen LogP contribution is -2.20.